The van der Waals surface area contributed by atoms with Gasteiger partial charge in [-0.3, -0.25) is 4.79 Å². The zero-order chi connectivity index (χ0) is 18.7. The number of aliphatic imine (C=N–C) groups is 1. The quantitative estimate of drug-likeness (QED) is 0.730. The fraction of sp³-hybridized carbons (Fsp3) is 0.200. The number of hydrogen-bond acceptors (Lipinski definition) is 4. The molecule has 0 atom stereocenters. The van der Waals surface area contributed by atoms with Crippen molar-refractivity contribution in [2.75, 3.05) is 6.61 Å². The first-order valence-electron chi connectivity index (χ1n) is 8.25. The third-order valence-corrected chi connectivity index (χ3v) is 5.13. The minimum Gasteiger partial charge on any atom is -0.492 e. The Labute approximate surface area is 162 Å². The molecule has 0 saturated carbocycles. The molecular formula is C20H19ClN2O2S. The smallest absolute Gasteiger partial charge is 0.264 e. The van der Waals surface area contributed by atoms with Gasteiger partial charge in [0.15, 0.2) is 5.17 Å². The van der Waals surface area contributed by atoms with Gasteiger partial charge in [-0.25, -0.2) is 4.99 Å². The first kappa shape index (κ1) is 18.5. The van der Waals surface area contributed by atoms with E-state index in [0.717, 1.165) is 11.3 Å². The van der Waals surface area contributed by atoms with E-state index in [1.807, 2.05) is 38.1 Å². The van der Waals surface area contributed by atoms with E-state index < -0.39 is 0 Å². The van der Waals surface area contributed by atoms with Crippen molar-refractivity contribution in [2.24, 2.45) is 4.99 Å². The SMILES string of the molecule is CCOc1ccc(/C=C2\SC(=Nc3ccc(C)c(C)c3)NC2=O)cc1Cl. The van der Waals surface area contributed by atoms with E-state index >= 15 is 0 Å². The molecule has 134 valence electrons. The maximum Gasteiger partial charge on any atom is 0.264 e. The van der Waals surface area contributed by atoms with Crippen LogP contribution in [0.2, 0.25) is 5.02 Å². The molecule has 1 aliphatic rings. The number of carbonyl (C=O) groups is 1. The molecule has 3 rings (SSSR count). The number of hydrogen-bond donors (Lipinski definition) is 1. The van der Waals surface area contributed by atoms with Crippen LogP contribution in [0.3, 0.4) is 0 Å². The van der Waals surface area contributed by atoms with E-state index in [-0.39, 0.29) is 5.91 Å². The fourth-order valence-electron chi connectivity index (χ4n) is 2.42. The average Bonchev–Trinajstić information content (AvgIpc) is 2.93. The van der Waals surface area contributed by atoms with Gasteiger partial charge in [0, 0.05) is 0 Å². The van der Waals surface area contributed by atoms with Crippen molar-refractivity contribution < 1.29 is 9.53 Å². The van der Waals surface area contributed by atoms with Crippen LogP contribution in [0.25, 0.3) is 6.08 Å². The summed E-state index contributed by atoms with van der Waals surface area (Å²) in [7, 11) is 0. The maximum atomic E-state index is 12.2. The van der Waals surface area contributed by atoms with Crippen LogP contribution >= 0.6 is 23.4 Å². The molecule has 6 heteroatoms. The molecule has 0 radical (unpaired) electrons. The molecule has 0 spiro atoms. The topological polar surface area (TPSA) is 50.7 Å². The van der Waals surface area contributed by atoms with Crippen LogP contribution in [0.1, 0.15) is 23.6 Å². The average molecular weight is 387 g/mol. The molecule has 2 aromatic rings. The molecular weight excluding hydrogens is 368 g/mol. The van der Waals surface area contributed by atoms with E-state index in [4.69, 9.17) is 16.3 Å². The third-order valence-electron chi connectivity index (χ3n) is 3.93. The van der Waals surface area contributed by atoms with Crippen LogP contribution in [0.5, 0.6) is 5.75 Å². The van der Waals surface area contributed by atoms with E-state index in [0.29, 0.717) is 27.5 Å². The highest BCUT2D eigenvalue weighted by molar-refractivity contribution is 8.18. The number of rotatable bonds is 4. The summed E-state index contributed by atoms with van der Waals surface area (Å²) < 4.78 is 5.43. The third kappa shape index (κ3) is 4.29. The molecule has 0 aliphatic carbocycles. The van der Waals surface area contributed by atoms with Gasteiger partial charge in [0.1, 0.15) is 5.75 Å². The van der Waals surface area contributed by atoms with Crippen molar-refractivity contribution >= 4 is 46.2 Å². The molecule has 1 N–H and O–H groups in total. The highest BCUT2D eigenvalue weighted by atomic mass is 35.5. The minimum absolute atomic E-state index is 0.164. The lowest BCUT2D eigenvalue weighted by molar-refractivity contribution is -0.115. The van der Waals surface area contributed by atoms with Gasteiger partial charge in [-0.2, -0.15) is 0 Å². The highest BCUT2D eigenvalue weighted by Gasteiger charge is 2.23. The Morgan fingerprint density at radius 2 is 2.00 bits per heavy atom. The minimum atomic E-state index is -0.164. The van der Waals surface area contributed by atoms with E-state index in [9.17, 15) is 4.79 Å². The second-order valence-corrected chi connectivity index (χ2v) is 7.31. The van der Waals surface area contributed by atoms with Gasteiger partial charge in [0.25, 0.3) is 5.91 Å². The van der Waals surface area contributed by atoms with E-state index in [1.165, 1.54) is 22.9 Å². The van der Waals surface area contributed by atoms with Crippen molar-refractivity contribution in [3.8, 4) is 5.75 Å². The van der Waals surface area contributed by atoms with Gasteiger partial charge in [0.2, 0.25) is 0 Å². The lowest BCUT2D eigenvalue weighted by Gasteiger charge is -2.05. The van der Waals surface area contributed by atoms with Gasteiger partial charge in [-0.05, 0) is 79.6 Å². The Kier molecular flexibility index (Phi) is 5.69. The standard InChI is InChI=1S/C20H19ClN2O2S/c1-4-25-17-8-6-14(10-16(17)21)11-18-19(24)23-20(26-18)22-15-7-5-12(2)13(3)9-15/h5-11H,4H2,1-3H3,(H,22,23,24)/b18-11-. The molecule has 4 nitrogen and oxygen atoms in total. The number of amides is 1. The molecule has 1 amide bonds. The lowest BCUT2D eigenvalue weighted by atomic mass is 10.1. The summed E-state index contributed by atoms with van der Waals surface area (Å²) in [4.78, 5) is 17.3. The molecule has 1 heterocycles. The normalized spacial score (nSPS) is 17.0. The van der Waals surface area contributed by atoms with Gasteiger partial charge in [0.05, 0.1) is 22.2 Å². The Morgan fingerprint density at radius 3 is 2.69 bits per heavy atom. The molecule has 0 aromatic heterocycles. The number of nitrogens with zero attached hydrogens (tertiary/aromatic N) is 1. The number of amidine groups is 1. The molecule has 2 aromatic carbocycles. The zero-order valence-corrected chi connectivity index (χ0v) is 16.4. The Balaban J connectivity index is 1.81. The second kappa shape index (κ2) is 7.98. The summed E-state index contributed by atoms with van der Waals surface area (Å²) in [6, 6.07) is 11.4. The molecule has 0 bridgehead atoms. The predicted molar refractivity (Wildman–Crippen MR) is 109 cm³/mol. The van der Waals surface area contributed by atoms with Crippen molar-refractivity contribution in [1.29, 1.82) is 0 Å². The number of thioether (sulfide) groups is 1. The second-order valence-electron chi connectivity index (χ2n) is 5.87. The van der Waals surface area contributed by atoms with Gasteiger partial charge < -0.3 is 10.1 Å². The van der Waals surface area contributed by atoms with E-state index in [1.54, 1.807) is 18.2 Å². The van der Waals surface area contributed by atoms with Gasteiger partial charge in [-0.15, -0.1) is 0 Å². The van der Waals surface area contributed by atoms with Crippen LogP contribution in [0, 0.1) is 13.8 Å². The summed E-state index contributed by atoms with van der Waals surface area (Å²) in [5, 5.41) is 3.89. The van der Waals surface area contributed by atoms with Crippen LogP contribution in [-0.2, 0) is 4.79 Å². The van der Waals surface area contributed by atoms with Crippen molar-refractivity contribution in [3.05, 3.63) is 63.0 Å². The van der Waals surface area contributed by atoms with Crippen LogP contribution in [0.15, 0.2) is 46.3 Å². The molecule has 1 aliphatic heterocycles. The van der Waals surface area contributed by atoms with Crippen molar-refractivity contribution in [3.63, 3.8) is 0 Å². The van der Waals surface area contributed by atoms with Crippen LogP contribution in [0.4, 0.5) is 5.69 Å². The summed E-state index contributed by atoms with van der Waals surface area (Å²) in [5.74, 6) is 0.472. The highest BCUT2D eigenvalue weighted by Crippen LogP contribution is 2.31. The van der Waals surface area contributed by atoms with Crippen molar-refractivity contribution in [1.82, 2.24) is 5.32 Å². The number of nitrogens with one attached hydrogen (secondary N) is 1. The monoisotopic (exact) mass is 386 g/mol. The van der Waals surface area contributed by atoms with Gasteiger partial charge in [-0.1, -0.05) is 23.7 Å². The van der Waals surface area contributed by atoms with Crippen molar-refractivity contribution in [2.45, 2.75) is 20.8 Å². The van der Waals surface area contributed by atoms with E-state index in [2.05, 4.69) is 17.2 Å². The van der Waals surface area contributed by atoms with Crippen LogP contribution < -0.4 is 10.1 Å². The van der Waals surface area contributed by atoms with Crippen LogP contribution in [-0.4, -0.2) is 17.7 Å². The maximum absolute atomic E-state index is 12.2. The summed E-state index contributed by atoms with van der Waals surface area (Å²) in [6.45, 7) is 6.56. The lowest BCUT2D eigenvalue weighted by Crippen LogP contribution is -2.19. The molecule has 0 unspecified atom stereocenters. The number of aryl methyl sites for hydroxylation is 2. The molecule has 1 saturated heterocycles. The number of carbonyl (C=O) groups excluding carboxylic acids is 1. The Hall–Kier alpha value is -2.24. The molecule has 26 heavy (non-hydrogen) atoms. The molecule has 1 fully saturated rings. The summed E-state index contributed by atoms with van der Waals surface area (Å²) in [6.07, 6.45) is 1.80. The Bertz CT molecular complexity index is 922. The first-order valence-corrected chi connectivity index (χ1v) is 9.45. The number of halogens is 1. The first-order chi connectivity index (χ1) is 12.5. The largest absolute Gasteiger partial charge is 0.492 e. The number of ether oxygens (including phenoxy) is 1. The predicted octanol–water partition coefficient (Wildman–Crippen LogP) is 5.25. The fourth-order valence-corrected chi connectivity index (χ4v) is 3.51. The number of benzene rings is 2. The summed E-state index contributed by atoms with van der Waals surface area (Å²) in [5.41, 5.74) is 4.04. The van der Waals surface area contributed by atoms with Gasteiger partial charge >= 0.3 is 0 Å². The summed E-state index contributed by atoms with van der Waals surface area (Å²) >= 11 is 7.52. The zero-order valence-electron chi connectivity index (χ0n) is 14.8. The Morgan fingerprint density at radius 1 is 1.19 bits per heavy atom.